The van der Waals surface area contributed by atoms with Crippen LogP contribution in [0.2, 0.25) is 5.02 Å². The van der Waals surface area contributed by atoms with E-state index in [1.54, 1.807) is 0 Å². The fourth-order valence-corrected chi connectivity index (χ4v) is 3.26. The van der Waals surface area contributed by atoms with Crippen LogP contribution < -0.4 is 4.90 Å². The van der Waals surface area contributed by atoms with E-state index in [4.69, 9.17) is 11.6 Å². The maximum atomic E-state index is 13.8. The summed E-state index contributed by atoms with van der Waals surface area (Å²) >= 11 is 6.03. The molecule has 0 radical (unpaired) electrons. The van der Waals surface area contributed by atoms with Crippen molar-refractivity contribution in [1.29, 1.82) is 0 Å². The standard InChI is InChI=1S/C19H17ClF3N3O2/c1-24(16-11-12(21)5-6-13(16)20)19(28)26-9-7-25(8-10-26)18(27)17-14(22)3-2-4-15(17)23/h2-6,11H,7-10H2,1H3. The molecule has 2 aromatic rings. The monoisotopic (exact) mass is 411 g/mol. The third kappa shape index (κ3) is 3.91. The second kappa shape index (κ2) is 8.10. The molecule has 0 saturated carbocycles. The Morgan fingerprint density at radius 1 is 0.964 bits per heavy atom. The maximum absolute atomic E-state index is 13.8. The minimum absolute atomic E-state index is 0.114. The van der Waals surface area contributed by atoms with Gasteiger partial charge in [-0.1, -0.05) is 17.7 Å². The van der Waals surface area contributed by atoms with Crippen LogP contribution in [-0.4, -0.2) is 55.0 Å². The van der Waals surface area contributed by atoms with Gasteiger partial charge in [0.25, 0.3) is 5.91 Å². The fraction of sp³-hybridized carbons (Fsp3) is 0.263. The molecule has 9 heteroatoms. The van der Waals surface area contributed by atoms with Gasteiger partial charge in [-0.2, -0.15) is 0 Å². The van der Waals surface area contributed by atoms with E-state index >= 15 is 0 Å². The molecular weight excluding hydrogens is 395 g/mol. The Labute approximate surface area is 164 Å². The number of rotatable bonds is 2. The van der Waals surface area contributed by atoms with Crippen molar-refractivity contribution in [2.75, 3.05) is 38.1 Å². The van der Waals surface area contributed by atoms with E-state index in [-0.39, 0.29) is 36.9 Å². The van der Waals surface area contributed by atoms with E-state index in [0.29, 0.717) is 0 Å². The molecule has 2 aromatic carbocycles. The molecule has 148 valence electrons. The Morgan fingerprint density at radius 3 is 2.14 bits per heavy atom. The number of nitrogens with zero attached hydrogens (tertiary/aromatic N) is 3. The fourth-order valence-electron chi connectivity index (χ4n) is 3.02. The van der Waals surface area contributed by atoms with Crippen LogP contribution in [0.5, 0.6) is 0 Å². The van der Waals surface area contributed by atoms with Gasteiger partial charge >= 0.3 is 6.03 Å². The molecule has 1 fully saturated rings. The van der Waals surface area contributed by atoms with Gasteiger partial charge in [0, 0.05) is 33.2 Å². The number of carbonyl (C=O) groups excluding carboxylic acids is 2. The molecule has 3 rings (SSSR count). The number of urea groups is 1. The minimum Gasteiger partial charge on any atom is -0.335 e. The first-order valence-corrected chi connectivity index (χ1v) is 8.88. The molecule has 0 aromatic heterocycles. The zero-order valence-electron chi connectivity index (χ0n) is 15.0. The Hall–Kier alpha value is -2.74. The van der Waals surface area contributed by atoms with Gasteiger partial charge in [-0.25, -0.2) is 18.0 Å². The van der Waals surface area contributed by atoms with Gasteiger partial charge in [0.2, 0.25) is 0 Å². The van der Waals surface area contributed by atoms with Crippen LogP contribution in [0.3, 0.4) is 0 Å². The predicted octanol–water partition coefficient (Wildman–Crippen LogP) is 3.77. The Balaban J connectivity index is 1.67. The number of benzene rings is 2. The van der Waals surface area contributed by atoms with Crippen LogP contribution in [0.25, 0.3) is 0 Å². The first-order valence-electron chi connectivity index (χ1n) is 8.50. The summed E-state index contributed by atoms with van der Waals surface area (Å²) in [6, 6.07) is 6.51. The molecular formula is C19H17ClF3N3O2. The molecule has 5 nitrogen and oxygen atoms in total. The molecule has 0 bridgehead atoms. The summed E-state index contributed by atoms with van der Waals surface area (Å²) < 4.78 is 41.1. The third-order valence-corrected chi connectivity index (χ3v) is 4.89. The molecule has 0 atom stereocenters. The van der Waals surface area contributed by atoms with Gasteiger partial charge in [-0.15, -0.1) is 0 Å². The molecule has 1 aliphatic rings. The van der Waals surface area contributed by atoms with E-state index in [9.17, 15) is 22.8 Å². The number of piperazine rings is 1. The van der Waals surface area contributed by atoms with Crippen molar-refractivity contribution in [3.8, 4) is 0 Å². The van der Waals surface area contributed by atoms with Crippen LogP contribution >= 0.6 is 11.6 Å². The highest BCUT2D eigenvalue weighted by Crippen LogP contribution is 2.27. The lowest BCUT2D eigenvalue weighted by Crippen LogP contribution is -2.53. The number of anilines is 1. The molecule has 0 spiro atoms. The highest BCUT2D eigenvalue weighted by Gasteiger charge is 2.30. The zero-order chi connectivity index (χ0) is 20.4. The van der Waals surface area contributed by atoms with Gasteiger partial charge in [-0.05, 0) is 30.3 Å². The van der Waals surface area contributed by atoms with Crippen molar-refractivity contribution in [2.24, 2.45) is 0 Å². The van der Waals surface area contributed by atoms with E-state index in [0.717, 1.165) is 18.2 Å². The Bertz CT molecular complexity index is 897. The second-order valence-corrected chi connectivity index (χ2v) is 6.72. The molecule has 1 heterocycles. The number of halogens is 4. The lowest BCUT2D eigenvalue weighted by Gasteiger charge is -2.36. The number of hydrogen-bond acceptors (Lipinski definition) is 2. The van der Waals surface area contributed by atoms with Crippen molar-refractivity contribution >= 4 is 29.2 Å². The van der Waals surface area contributed by atoms with E-state index in [1.807, 2.05) is 0 Å². The van der Waals surface area contributed by atoms with Crippen LogP contribution in [0.15, 0.2) is 36.4 Å². The Kier molecular flexibility index (Phi) is 5.79. The zero-order valence-corrected chi connectivity index (χ0v) is 15.7. The SMILES string of the molecule is CN(C(=O)N1CCN(C(=O)c2c(F)cccc2F)CC1)c1cc(F)ccc1Cl. The van der Waals surface area contributed by atoms with Crippen molar-refractivity contribution in [3.63, 3.8) is 0 Å². The number of hydrogen-bond donors (Lipinski definition) is 0. The van der Waals surface area contributed by atoms with Gasteiger partial charge < -0.3 is 9.80 Å². The molecule has 0 N–H and O–H groups in total. The summed E-state index contributed by atoms with van der Waals surface area (Å²) in [6.07, 6.45) is 0. The van der Waals surface area contributed by atoms with Gasteiger partial charge in [0.1, 0.15) is 23.0 Å². The quantitative estimate of drug-likeness (QED) is 0.755. The first kappa shape index (κ1) is 20.0. The normalized spacial score (nSPS) is 14.2. The molecule has 0 unspecified atom stereocenters. The van der Waals surface area contributed by atoms with Gasteiger partial charge in [-0.3, -0.25) is 9.69 Å². The summed E-state index contributed by atoms with van der Waals surface area (Å²) in [5, 5.41) is 0.223. The largest absolute Gasteiger partial charge is 0.335 e. The lowest BCUT2D eigenvalue weighted by molar-refractivity contribution is 0.0659. The van der Waals surface area contributed by atoms with Crippen molar-refractivity contribution in [3.05, 3.63) is 64.4 Å². The Morgan fingerprint density at radius 2 is 1.54 bits per heavy atom. The number of carbonyl (C=O) groups is 2. The highest BCUT2D eigenvalue weighted by atomic mass is 35.5. The highest BCUT2D eigenvalue weighted by molar-refractivity contribution is 6.33. The van der Waals surface area contributed by atoms with Gasteiger partial charge in [0.15, 0.2) is 0 Å². The average Bonchev–Trinajstić information content (AvgIpc) is 2.68. The maximum Gasteiger partial charge on any atom is 0.324 e. The molecule has 3 amide bonds. The van der Waals surface area contributed by atoms with E-state index in [1.165, 1.54) is 39.9 Å². The van der Waals surface area contributed by atoms with E-state index in [2.05, 4.69) is 0 Å². The summed E-state index contributed by atoms with van der Waals surface area (Å²) in [4.78, 5) is 29.1. The lowest BCUT2D eigenvalue weighted by atomic mass is 10.1. The first-order chi connectivity index (χ1) is 13.3. The van der Waals surface area contributed by atoms with Crippen molar-refractivity contribution in [1.82, 2.24) is 9.80 Å². The second-order valence-electron chi connectivity index (χ2n) is 6.31. The molecule has 0 aliphatic carbocycles. The smallest absolute Gasteiger partial charge is 0.324 e. The van der Waals surface area contributed by atoms with Crippen LogP contribution in [0.4, 0.5) is 23.7 Å². The minimum atomic E-state index is -0.927. The van der Waals surface area contributed by atoms with Gasteiger partial charge in [0.05, 0.1) is 10.7 Å². The number of amides is 3. The molecule has 1 aliphatic heterocycles. The third-order valence-electron chi connectivity index (χ3n) is 4.57. The van der Waals surface area contributed by atoms with Crippen molar-refractivity contribution < 1.29 is 22.8 Å². The molecule has 28 heavy (non-hydrogen) atoms. The summed E-state index contributed by atoms with van der Waals surface area (Å²) in [6.45, 7) is 0.558. The summed E-state index contributed by atoms with van der Waals surface area (Å²) in [5.41, 5.74) is -0.385. The predicted molar refractivity (Wildman–Crippen MR) is 99.0 cm³/mol. The average molecular weight is 412 g/mol. The van der Waals surface area contributed by atoms with Crippen LogP contribution in [0, 0.1) is 17.5 Å². The summed E-state index contributed by atoms with van der Waals surface area (Å²) in [5.74, 6) is -3.14. The molecule has 1 saturated heterocycles. The summed E-state index contributed by atoms with van der Waals surface area (Å²) in [7, 11) is 1.47. The van der Waals surface area contributed by atoms with Crippen molar-refractivity contribution in [2.45, 2.75) is 0 Å². The topological polar surface area (TPSA) is 43.9 Å². The van der Waals surface area contributed by atoms with Crippen LogP contribution in [-0.2, 0) is 0 Å². The van der Waals surface area contributed by atoms with Crippen LogP contribution in [0.1, 0.15) is 10.4 Å². The van der Waals surface area contributed by atoms with E-state index < -0.39 is 35.0 Å².